The average Bonchev–Trinajstić information content (AvgIpc) is 2.26. The summed E-state index contributed by atoms with van der Waals surface area (Å²) in [6.45, 7) is 6.04. The van der Waals surface area contributed by atoms with Crippen molar-refractivity contribution in [3.8, 4) is 0 Å². The number of carbonyl (C=O) groups is 1. The van der Waals surface area contributed by atoms with E-state index in [4.69, 9.17) is 0 Å². The molecule has 0 aliphatic heterocycles. The van der Waals surface area contributed by atoms with Crippen LogP contribution in [0.25, 0.3) is 6.08 Å². The molecule has 0 heterocycles. The van der Waals surface area contributed by atoms with Gasteiger partial charge in [0.1, 0.15) is 0 Å². The van der Waals surface area contributed by atoms with Crippen molar-refractivity contribution < 1.29 is 4.79 Å². The normalized spacial score (nSPS) is 13.0. The Kier molecular flexibility index (Phi) is 4.29. The van der Waals surface area contributed by atoms with Crippen LogP contribution in [0.15, 0.2) is 30.3 Å². The Hall–Kier alpha value is -1.37. The first-order valence-corrected chi connectivity index (χ1v) is 5.42. The van der Waals surface area contributed by atoms with Crippen LogP contribution < -0.4 is 0 Å². The van der Waals surface area contributed by atoms with E-state index in [0.29, 0.717) is 0 Å². The molecule has 1 aromatic carbocycles. The zero-order valence-corrected chi connectivity index (χ0v) is 9.66. The highest BCUT2D eigenvalue weighted by atomic mass is 16.1. The number of hydrogen-bond donors (Lipinski definition) is 0. The smallest absolute Gasteiger partial charge is 0.158 e. The van der Waals surface area contributed by atoms with Gasteiger partial charge in [0.15, 0.2) is 5.78 Å². The lowest BCUT2D eigenvalue weighted by Crippen LogP contribution is -2.05. The van der Waals surface area contributed by atoms with Gasteiger partial charge in [-0.25, -0.2) is 0 Å². The minimum absolute atomic E-state index is 0.131. The number of aryl methyl sites for hydroxylation is 1. The molecule has 1 atom stereocenters. The Bertz CT molecular complexity index is 346. The molecule has 15 heavy (non-hydrogen) atoms. The molecular formula is C14H18O. The van der Waals surface area contributed by atoms with Crippen molar-refractivity contribution in [2.24, 2.45) is 5.92 Å². The lowest BCUT2D eigenvalue weighted by Gasteiger charge is -2.01. The molecule has 0 aliphatic rings. The summed E-state index contributed by atoms with van der Waals surface area (Å²) in [5.41, 5.74) is 2.32. The van der Waals surface area contributed by atoms with E-state index in [9.17, 15) is 4.79 Å². The van der Waals surface area contributed by atoms with Gasteiger partial charge in [-0.3, -0.25) is 4.79 Å². The number of carbonyl (C=O) groups excluding carboxylic acids is 1. The van der Waals surface area contributed by atoms with Crippen molar-refractivity contribution in [2.45, 2.75) is 27.2 Å². The zero-order valence-electron chi connectivity index (χ0n) is 9.66. The van der Waals surface area contributed by atoms with E-state index in [1.807, 2.05) is 44.2 Å². The predicted molar refractivity (Wildman–Crippen MR) is 64.7 cm³/mol. The average molecular weight is 202 g/mol. The number of benzene rings is 1. The topological polar surface area (TPSA) is 17.1 Å². The molecule has 1 heteroatoms. The van der Waals surface area contributed by atoms with E-state index in [2.05, 4.69) is 6.92 Å². The van der Waals surface area contributed by atoms with Crippen molar-refractivity contribution in [1.29, 1.82) is 0 Å². The van der Waals surface area contributed by atoms with E-state index in [-0.39, 0.29) is 11.7 Å². The maximum atomic E-state index is 11.5. The molecule has 0 aliphatic carbocycles. The monoisotopic (exact) mass is 202 g/mol. The van der Waals surface area contributed by atoms with Gasteiger partial charge in [0, 0.05) is 5.92 Å². The van der Waals surface area contributed by atoms with Crippen LogP contribution >= 0.6 is 0 Å². The third-order valence-corrected chi connectivity index (χ3v) is 2.62. The van der Waals surface area contributed by atoms with E-state index in [1.165, 1.54) is 5.56 Å². The summed E-state index contributed by atoms with van der Waals surface area (Å²) >= 11 is 0. The third kappa shape index (κ3) is 3.70. The van der Waals surface area contributed by atoms with Gasteiger partial charge in [0.2, 0.25) is 0 Å². The van der Waals surface area contributed by atoms with Crippen LogP contribution in [0.5, 0.6) is 0 Å². The highest BCUT2D eigenvalue weighted by molar-refractivity contribution is 5.95. The Balaban J connectivity index is 2.65. The Labute approximate surface area is 91.8 Å². The van der Waals surface area contributed by atoms with Crippen molar-refractivity contribution in [2.75, 3.05) is 0 Å². The Morgan fingerprint density at radius 1 is 1.33 bits per heavy atom. The van der Waals surface area contributed by atoms with Crippen LogP contribution in [0.3, 0.4) is 0 Å². The van der Waals surface area contributed by atoms with Crippen LogP contribution in [0.4, 0.5) is 0 Å². The molecule has 0 bridgehead atoms. The van der Waals surface area contributed by atoms with Gasteiger partial charge in [-0.2, -0.15) is 0 Å². The van der Waals surface area contributed by atoms with E-state index in [1.54, 1.807) is 6.08 Å². The summed E-state index contributed by atoms with van der Waals surface area (Å²) < 4.78 is 0. The summed E-state index contributed by atoms with van der Waals surface area (Å²) in [5, 5.41) is 0. The van der Waals surface area contributed by atoms with E-state index < -0.39 is 0 Å². The van der Waals surface area contributed by atoms with Crippen LogP contribution in [0.2, 0.25) is 0 Å². The Morgan fingerprint density at radius 3 is 2.47 bits per heavy atom. The molecule has 1 aromatic rings. The molecule has 0 spiro atoms. The van der Waals surface area contributed by atoms with Crippen LogP contribution in [-0.4, -0.2) is 5.78 Å². The number of ketones is 1. The molecular weight excluding hydrogens is 184 g/mol. The van der Waals surface area contributed by atoms with Crippen LogP contribution in [0.1, 0.15) is 31.4 Å². The van der Waals surface area contributed by atoms with Crippen molar-refractivity contribution in [3.63, 3.8) is 0 Å². The van der Waals surface area contributed by atoms with Crippen molar-refractivity contribution in [1.82, 2.24) is 0 Å². The highest BCUT2D eigenvalue weighted by Gasteiger charge is 2.05. The molecule has 80 valence electrons. The predicted octanol–water partition coefficient (Wildman–Crippen LogP) is 3.62. The van der Waals surface area contributed by atoms with Gasteiger partial charge in [0.05, 0.1) is 0 Å². The SMILES string of the molecule is CCC(C)C(=O)/C=C/c1ccc(C)cc1. The summed E-state index contributed by atoms with van der Waals surface area (Å²) in [7, 11) is 0. The minimum atomic E-state index is 0.131. The first kappa shape index (κ1) is 11.7. The first-order valence-electron chi connectivity index (χ1n) is 5.42. The maximum Gasteiger partial charge on any atom is 0.158 e. The van der Waals surface area contributed by atoms with Crippen LogP contribution in [-0.2, 0) is 4.79 Å². The van der Waals surface area contributed by atoms with Gasteiger partial charge in [-0.05, 0) is 25.0 Å². The molecule has 0 fully saturated rings. The second kappa shape index (κ2) is 5.50. The first-order chi connectivity index (χ1) is 7.13. The lowest BCUT2D eigenvalue weighted by molar-refractivity contribution is -0.117. The van der Waals surface area contributed by atoms with Crippen molar-refractivity contribution >= 4 is 11.9 Å². The van der Waals surface area contributed by atoms with Crippen LogP contribution in [0, 0.1) is 12.8 Å². The van der Waals surface area contributed by atoms with Gasteiger partial charge < -0.3 is 0 Å². The summed E-state index contributed by atoms with van der Waals surface area (Å²) in [6.07, 6.45) is 4.46. The molecule has 0 N–H and O–H groups in total. The number of allylic oxidation sites excluding steroid dienone is 1. The molecule has 1 unspecified atom stereocenters. The largest absolute Gasteiger partial charge is 0.295 e. The Morgan fingerprint density at radius 2 is 1.93 bits per heavy atom. The molecule has 1 nitrogen and oxygen atoms in total. The highest BCUT2D eigenvalue weighted by Crippen LogP contribution is 2.08. The number of hydrogen-bond acceptors (Lipinski definition) is 1. The van der Waals surface area contributed by atoms with E-state index >= 15 is 0 Å². The molecule has 0 saturated heterocycles. The van der Waals surface area contributed by atoms with Crippen molar-refractivity contribution in [3.05, 3.63) is 41.5 Å². The summed E-state index contributed by atoms with van der Waals surface area (Å²) in [6, 6.07) is 8.15. The molecule has 1 rings (SSSR count). The fraction of sp³-hybridized carbons (Fsp3) is 0.357. The lowest BCUT2D eigenvalue weighted by atomic mass is 10.0. The van der Waals surface area contributed by atoms with Gasteiger partial charge >= 0.3 is 0 Å². The molecule has 0 amide bonds. The van der Waals surface area contributed by atoms with Gasteiger partial charge in [0.25, 0.3) is 0 Å². The minimum Gasteiger partial charge on any atom is -0.295 e. The second-order valence-corrected chi connectivity index (χ2v) is 3.96. The molecule has 0 saturated carbocycles. The second-order valence-electron chi connectivity index (χ2n) is 3.96. The van der Waals surface area contributed by atoms with E-state index in [0.717, 1.165) is 12.0 Å². The zero-order chi connectivity index (χ0) is 11.3. The van der Waals surface area contributed by atoms with Gasteiger partial charge in [-0.1, -0.05) is 49.8 Å². The quantitative estimate of drug-likeness (QED) is 0.681. The molecule has 0 aromatic heterocycles. The third-order valence-electron chi connectivity index (χ3n) is 2.62. The maximum absolute atomic E-state index is 11.5. The summed E-state index contributed by atoms with van der Waals surface area (Å²) in [5.74, 6) is 0.338. The fourth-order valence-electron chi connectivity index (χ4n) is 1.22. The fourth-order valence-corrected chi connectivity index (χ4v) is 1.22. The number of rotatable bonds is 4. The molecule has 0 radical (unpaired) electrons. The standard InChI is InChI=1S/C14H18O/c1-4-12(3)14(15)10-9-13-7-5-11(2)6-8-13/h5-10,12H,4H2,1-3H3/b10-9+. The van der Waals surface area contributed by atoms with Gasteiger partial charge in [-0.15, -0.1) is 0 Å². The summed E-state index contributed by atoms with van der Waals surface area (Å²) in [4.78, 5) is 11.5.